The second-order valence-corrected chi connectivity index (χ2v) is 6.68. The van der Waals surface area contributed by atoms with Gasteiger partial charge in [0.2, 0.25) is 0 Å². The lowest BCUT2D eigenvalue weighted by Crippen LogP contribution is -2.41. The summed E-state index contributed by atoms with van der Waals surface area (Å²) in [4.78, 5) is 19.1. The Morgan fingerprint density at radius 2 is 2.08 bits per heavy atom. The molecule has 1 unspecified atom stereocenters. The Morgan fingerprint density at radius 3 is 2.81 bits per heavy atom. The molecule has 2 heterocycles. The van der Waals surface area contributed by atoms with Crippen molar-refractivity contribution in [1.29, 1.82) is 0 Å². The Morgan fingerprint density at radius 1 is 1.31 bits per heavy atom. The van der Waals surface area contributed by atoms with Gasteiger partial charge in [0.1, 0.15) is 12.4 Å². The third-order valence-corrected chi connectivity index (χ3v) is 4.70. The molecule has 7 nitrogen and oxygen atoms in total. The van der Waals surface area contributed by atoms with E-state index in [9.17, 15) is 4.79 Å². The predicted octanol–water partition coefficient (Wildman–Crippen LogP) is 2.70. The third-order valence-electron chi connectivity index (χ3n) is 4.70. The Labute approximate surface area is 153 Å². The van der Waals surface area contributed by atoms with Crippen LogP contribution in [0.25, 0.3) is 0 Å². The minimum Gasteiger partial charge on any atom is -0.483 e. The highest BCUT2D eigenvalue weighted by Crippen LogP contribution is 2.29. The number of hydrogen-bond acceptors (Lipinski definition) is 5. The maximum atomic E-state index is 12.8. The van der Waals surface area contributed by atoms with Crippen molar-refractivity contribution in [3.8, 4) is 5.75 Å². The van der Waals surface area contributed by atoms with Crippen LogP contribution in [0.3, 0.4) is 0 Å². The van der Waals surface area contributed by atoms with Crippen LogP contribution in [0.4, 0.5) is 0 Å². The van der Waals surface area contributed by atoms with E-state index in [1.54, 1.807) is 7.11 Å². The number of nitrogens with zero attached hydrogens (tertiary/aromatic N) is 3. The summed E-state index contributed by atoms with van der Waals surface area (Å²) in [6.45, 7) is 5.08. The lowest BCUT2D eigenvalue weighted by Gasteiger charge is -2.34. The topological polar surface area (TPSA) is 80.3 Å². The van der Waals surface area contributed by atoms with Gasteiger partial charge in [-0.3, -0.25) is 9.89 Å². The van der Waals surface area contributed by atoms with E-state index < -0.39 is 0 Å². The Bertz CT molecular complexity index is 739. The Kier molecular flexibility index (Phi) is 5.88. The standard InChI is InChI=1S/C19H26N4O3/c1-13-7-6-8-14(2)18(13)26-12-17(24)23-10-5-4-9-15(23)19-20-16(11-25-3)21-22-19/h6-8,15H,4-5,9-12H2,1-3H3,(H,20,21,22). The zero-order valence-electron chi connectivity index (χ0n) is 15.6. The van der Waals surface area contributed by atoms with Crippen LogP contribution in [-0.2, 0) is 16.1 Å². The van der Waals surface area contributed by atoms with E-state index >= 15 is 0 Å². The van der Waals surface area contributed by atoms with Gasteiger partial charge in [0, 0.05) is 13.7 Å². The van der Waals surface area contributed by atoms with Crippen molar-refractivity contribution < 1.29 is 14.3 Å². The molecule has 1 saturated heterocycles. The number of aromatic amines is 1. The summed E-state index contributed by atoms with van der Waals surface area (Å²) in [6, 6.07) is 5.85. The van der Waals surface area contributed by atoms with Crippen molar-refractivity contribution in [3.05, 3.63) is 41.0 Å². The summed E-state index contributed by atoms with van der Waals surface area (Å²) in [5, 5.41) is 7.17. The summed E-state index contributed by atoms with van der Waals surface area (Å²) in [5.41, 5.74) is 2.07. The maximum Gasteiger partial charge on any atom is 0.261 e. The average Bonchev–Trinajstić information content (AvgIpc) is 3.10. The number of carbonyl (C=O) groups is 1. The molecular weight excluding hydrogens is 332 g/mol. The van der Waals surface area contributed by atoms with Crippen molar-refractivity contribution in [1.82, 2.24) is 20.1 Å². The summed E-state index contributed by atoms with van der Waals surface area (Å²) < 4.78 is 10.9. The van der Waals surface area contributed by atoms with Gasteiger partial charge < -0.3 is 14.4 Å². The van der Waals surface area contributed by atoms with Gasteiger partial charge in [-0.15, -0.1) is 0 Å². The second kappa shape index (κ2) is 8.31. The Balaban J connectivity index is 1.69. The zero-order chi connectivity index (χ0) is 18.5. The van der Waals surface area contributed by atoms with Crippen molar-refractivity contribution in [2.24, 2.45) is 0 Å². The first-order chi connectivity index (χ1) is 12.6. The monoisotopic (exact) mass is 358 g/mol. The molecule has 1 amide bonds. The van der Waals surface area contributed by atoms with E-state index in [0.717, 1.165) is 36.1 Å². The predicted molar refractivity (Wildman–Crippen MR) is 96.8 cm³/mol. The van der Waals surface area contributed by atoms with Gasteiger partial charge in [0.15, 0.2) is 18.3 Å². The molecule has 1 aromatic carbocycles. The van der Waals surface area contributed by atoms with E-state index in [1.165, 1.54) is 0 Å². The number of ether oxygens (including phenoxy) is 2. The fourth-order valence-corrected chi connectivity index (χ4v) is 3.40. The molecule has 1 fully saturated rings. The number of nitrogens with one attached hydrogen (secondary N) is 1. The molecule has 0 bridgehead atoms. The molecule has 0 saturated carbocycles. The molecule has 0 spiro atoms. The molecule has 1 aromatic heterocycles. The molecule has 3 rings (SSSR count). The molecule has 26 heavy (non-hydrogen) atoms. The first-order valence-electron chi connectivity index (χ1n) is 8.98. The molecule has 7 heteroatoms. The number of amides is 1. The van der Waals surface area contributed by atoms with E-state index in [1.807, 2.05) is 36.9 Å². The van der Waals surface area contributed by atoms with Crippen LogP contribution in [0.2, 0.25) is 0 Å². The van der Waals surface area contributed by atoms with Gasteiger partial charge in [-0.2, -0.15) is 5.10 Å². The Hall–Kier alpha value is -2.41. The van der Waals surface area contributed by atoms with Crippen molar-refractivity contribution in [2.45, 2.75) is 45.8 Å². The van der Waals surface area contributed by atoms with Crippen LogP contribution in [-0.4, -0.2) is 46.2 Å². The molecule has 140 valence electrons. The number of hydrogen-bond donors (Lipinski definition) is 1. The van der Waals surface area contributed by atoms with Crippen molar-refractivity contribution in [2.75, 3.05) is 20.3 Å². The lowest BCUT2D eigenvalue weighted by molar-refractivity contribution is -0.137. The molecule has 1 atom stereocenters. The number of likely N-dealkylation sites (tertiary alicyclic amines) is 1. The molecule has 2 aromatic rings. The first-order valence-corrected chi connectivity index (χ1v) is 8.98. The fraction of sp³-hybridized carbons (Fsp3) is 0.526. The number of aryl methyl sites for hydroxylation is 2. The number of piperidine rings is 1. The molecular formula is C19H26N4O3. The van der Waals surface area contributed by atoms with Crippen LogP contribution in [0.15, 0.2) is 18.2 Å². The highest BCUT2D eigenvalue weighted by molar-refractivity contribution is 5.78. The fourth-order valence-electron chi connectivity index (χ4n) is 3.40. The van der Waals surface area contributed by atoms with Gasteiger partial charge in [-0.25, -0.2) is 4.98 Å². The van der Waals surface area contributed by atoms with Crippen LogP contribution in [0.1, 0.15) is 48.1 Å². The van der Waals surface area contributed by atoms with Crippen molar-refractivity contribution >= 4 is 5.91 Å². The number of aromatic nitrogens is 3. The highest BCUT2D eigenvalue weighted by atomic mass is 16.5. The van der Waals surface area contributed by atoms with Gasteiger partial charge in [0.25, 0.3) is 5.91 Å². The van der Waals surface area contributed by atoms with Crippen LogP contribution >= 0.6 is 0 Å². The number of rotatable bonds is 6. The van der Waals surface area contributed by atoms with Gasteiger partial charge in [0.05, 0.1) is 6.04 Å². The maximum absolute atomic E-state index is 12.8. The largest absolute Gasteiger partial charge is 0.483 e. The molecule has 1 aliphatic heterocycles. The van der Waals surface area contributed by atoms with Gasteiger partial charge >= 0.3 is 0 Å². The van der Waals surface area contributed by atoms with Crippen LogP contribution < -0.4 is 4.74 Å². The molecule has 0 radical (unpaired) electrons. The SMILES string of the molecule is COCc1nc(C2CCCCN2C(=O)COc2c(C)cccc2C)n[nH]1. The number of benzene rings is 1. The first kappa shape index (κ1) is 18.4. The molecule has 1 aliphatic rings. The summed E-state index contributed by atoms with van der Waals surface area (Å²) in [5.74, 6) is 2.08. The quantitative estimate of drug-likeness (QED) is 0.859. The van der Waals surface area contributed by atoms with E-state index in [4.69, 9.17) is 9.47 Å². The lowest BCUT2D eigenvalue weighted by atomic mass is 10.0. The van der Waals surface area contributed by atoms with E-state index in [2.05, 4.69) is 15.2 Å². The minimum atomic E-state index is -0.111. The number of carbonyl (C=O) groups excluding carboxylic acids is 1. The van der Waals surface area contributed by atoms with Crippen LogP contribution in [0.5, 0.6) is 5.75 Å². The number of methoxy groups -OCH3 is 1. The number of H-pyrrole nitrogens is 1. The van der Waals surface area contributed by atoms with Crippen molar-refractivity contribution in [3.63, 3.8) is 0 Å². The second-order valence-electron chi connectivity index (χ2n) is 6.68. The van der Waals surface area contributed by atoms with E-state index in [-0.39, 0.29) is 18.6 Å². The zero-order valence-corrected chi connectivity index (χ0v) is 15.6. The third kappa shape index (κ3) is 4.04. The number of para-hydroxylation sites is 1. The van der Waals surface area contributed by atoms with Gasteiger partial charge in [-0.1, -0.05) is 18.2 Å². The highest BCUT2D eigenvalue weighted by Gasteiger charge is 2.31. The summed E-state index contributed by atoms with van der Waals surface area (Å²) in [6.07, 6.45) is 2.90. The van der Waals surface area contributed by atoms with E-state index in [0.29, 0.717) is 24.8 Å². The average molecular weight is 358 g/mol. The normalized spacial score (nSPS) is 17.3. The van der Waals surface area contributed by atoms with Gasteiger partial charge in [-0.05, 0) is 44.2 Å². The van der Waals surface area contributed by atoms with Crippen LogP contribution in [0, 0.1) is 13.8 Å². The minimum absolute atomic E-state index is 0.0253. The molecule has 0 aliphatic carbocycles. The summed E-state index contributed by atoms with van der Waals surface area (Å²) >= 11 is 0. The summed E-state index contributed by atoms with van der Waals surface area (Å²) in [7, 11) is 1.61. The molecule has 1 N–H and O–H groups in total. The smallest absolute Gasteiger partial charge is 0.261 e.